The molecule has 152 valence electrons. The number of hydrogen-bond acceptors (Lipinski definition) is 2. The summed E-state index contributed by atoms with van der Waals surface area (Å²) in [6, 6.07) is 13.2. The maximum atomic E-state index is 13.4. The number of amides is 1. The summed E-state index contributed by atoms with van der Waals surface area (Å²) in [4.78, 5) is 28.6. The average Bonchev–Trinajstić information content (AvgIpc) is 3.42. The summed E-state index contributed by atoms with van der Waals surface area (Å²) < 4.78 is 1.00. The molecule has 0 spiro atoms. The first-order valence-electron chi connectivity index (χ1n) is 9.91. The quantitative estimate of drug-likeness (QED) is 0.502. The second-order valence-corrected chi connectivity index (χ2v) is 9.87. The van der Waals surface area contributed by atoms with E-state index in [0.29, 0.717) is 23.0 Å². The van der Waals surface area contributed by atoms with Crippen LogP contribution in [0.5, 0.6) is 0 Å². The Kier molecular flexibility index (Phi) is 6.06. The number of hydrogen-bond donors (Lipinski definition) is 0. The van der Waals surface area contributed by atoms with Gasteiger partial charge >= 0.3 is 0 Å². The standard InChI is InChI=1S/C23H22BrCl2NO2/c24-18-6-2-15(3-7-18)14-23(22(29)17-4-5-17)8-1-9-27(23)21(28)12-16-10-19(25)13-20(26)11-16/h2-3,6-7,10-11,13,17H,1,4-5,8-9,12,14H2. The van der Waals surface area contributed by atoms with Crippen molar-refractivity contribution in [1.82, 2.24) is 4.90 Å². The highest BCUT2D eigenvalue weighted by Gasteiger charge is 2.53. The molecule has 2 aromatic rings. The molecule has 4 rings (SSSR count). The van der Waals surface area contributed by atoms with E-state index in [1.165, 1.54) is 0 Å². The number of carbonyl (C=O) groups excluding carboxylic acids is 2. The first-order chi connectivity index (χ1) is 13.9. The van der Waals surface area contributed by atoms with Crippen LogP contribution in [0.4, 0.5) is 0 Å². The lowest BCUT2D eigenvalue weighted by Gasteiger charge is -2.38. The van der Waals surface area contributed by atoms with Crippen LogP contribution in [0.25, 0.3) is 0 Å². The fourth-order valence-corrected chi connectivity index (χ4v) is 5.25. The molecule has 1 amide bonds. The van der Waals surface area contributed by atoms with E-state index in [1.807, 2.05) is 29.2 Å². The van der Waals surface area contributed by atoms with Gasteiger partial charge in [-0.15, -0.1) is 0 Å². The second kappa shape index (κ2) is 8.41. The number of likely N-dealkylation sites (tertiary alicyclic amines) is 1. The minimum atomic E-state index is -0.742. The first-order valence-corrected chi connectivity index (χ1v) is 11.5. The van der Waals surface area contributed by atoms with Gasteiger partial charge in [-0.2, -0.15) is 0 Å². The van der Waals surface area contributed by atoms with Gasteiger partial charge in [0.15, 0.2) is 5.78 Å². The number of carbonyl (C=O) groups is 2. The molecular formula is C23H22BrCl2NO2. The molecule has 1 atom stereocenters. The van der Waals surface area contributed by atoms with E-state index in [4.69, 9.17) is 23.2 Å². The van der Waals surface area contributed by atoms with Crippen molar-refractivity contribution in [1.29, 1.82) is 0 Å². The highest BCUT2D eigenvalue weighted by Crippen LogP contribution is 2.43. The van der Waals surface area contributed by atoms with Crippen molar-refractivity contribution < 1.29 is 9.59 Å². The van der Waals surface area contributed by atoms with E-state index in [1.54, 1.807) is 18.2 Å². The Morgan fingerprint density at radius 1 is 1.03 bits per heavy atom. The molecule has 2 aliphatic rings. The zero-order valence-corrected chi connectivity index (χ0v) is 19.1. The summed E-state index contributed by atoms with van der Waals surface area (Å²) >= 11 is 15.7. The number of benzene rings is 2. The fraction of sp³-hybridized carbons (Fsp3) is 0.391. The minimum Gasteiger partial charge on any atom is -0.329 e. The Morgan fingerprint density at radius 3 is 2.31 bits per heavy atom. The minimum absolute atomic E-state index is 0.0352. The van der Waals surface area contributed by atoms with Crippen LogP contribution < -0.4 is 0 Å². The number of Topliss-reactive ketones (excluding diaryl/α,β-unsaturated/α-hetero) is 1. The van der Waals surface area contributed by atoms with Gasteiger partial charge in [0.25, 0.3) is 0 Å². The smallest absolute Gasteiger partial charge is 0.227 e. The van der Waals surface area contributed by atoms with Gasteiger partial charge in [0.05, 0.1) is 6.42 Å². The molecule has 0 radical (unpaired) electrons. The van der Waals surface area contributed by atoms with Crippen molar-refractivity contribution in [2.45, 2.75) is 44.1 Å². The Labute approximate surface area is 189 Å². The lowest BCUT2D eigenvalue weighted by Crippen LogP contribution is -2.55. The number of rotatable bonds is 6. The third-order valence-electron chi connectivity index (χ3n) is 5.88. The first kappa shape index (κ1) is 20.9. The van der Waals surface area contributed by atoms with Crippen LogP contribution in [-0.2, 0) is 22.4 Å². The van der Waals surface area contributed by atoms with Crippen molar-refractivity contribution in [2.75, 3.05) is 6.54 Å². The molecule has 3 nitrogen and oxygen atoms in total. The zero-order chi connectivity index (χ0) is 20.6. The van der Waals surface area contributed by atoms with E-state index in [9.17, 15) is 9.59 Å². The molecule has 0 N–H and O–H groups in total. The predicted molar refractivity (Wildman–Crippen MR) is 119 cm³/mol. The molecule has 29 heavy (non-hydrogen) atoms. The summed E-state index contributed by atoms with van der Waals surface area (Å²) in [7, 11) is 0. The molecule has 1 heterocycles. The molecule has 1 saturated carbocycles. The van der Waals surface area contributed by atoms with Gasteiger partial charge in [0.2, 0.25) is 5.91 Å². The highest BCUT2D eigenvalue weighted by atomic mass is 79.9. The molecule has 6 heteroatoms. The van der Waals surface area contributed by atoms with Crippen LogP contribution in [0.1, 0.15) is 36.8 Å². The second-order valence-electron chi connectivity index (χ2n) is 8.08. The summed E-state index contributed by atoms with van der Waals surface area (Å²) in [6.45, 7) is 0.613. The summed E-state index contributed by atoms with van der Waals surface area (Å²) in [5.74, 6) is 0.293. The van der Waals surface area contributed by atoms with Gasteiger partial charge in [0.1, 0.15) is 5.54 Å². The van der Waals surface area contributed by atoms with Crippen molar-refractivity contribution in [3.63, 3.8) is 0 Å². The largest absolute Gasteiger partial charge is 0.329 e. The van der Waals surface area contributed by atoms with Crippen LogP contribution in [0.15, 0.2) is 46.9 Å². The van der Waals surface area contributed by atoms with Crippen molar-refractivity contribution >= 4 is 50.8 Å². The summed E-state index contributed by atoms with van der Waals surface area (Å²) in [5, 5.41) is 1.02. The van der Waals surface area contributed by atoms with Crippen LogP contribution in [0.2, 0.25) is 10.0 Å². The zero-order valence-electron chi connectivity index (χ0n) is 16.0. The maximum absolute atomic E-state index is 13.4. The lowest BCUT2D eigenvalue weighted by molar-refractivity contribution is -0.144. The van der Waals surface area contributed by atoms with Gasteiger partial charge in [-0.1, -0.05) is 51.3 Å². The third-order valence-corrected chi connectivity index (χ3v) is 6.85. The SMILES string of the molecule is O=C(Cc1cc(Cl)cc(Cl)c1)N1CCCC1(Cc1ccc(Br)cc1)C(=O)C1CC1. The van der Waals surface area contributed by atoms with Gasteiger partial charge < -0.3 is 4.90 Å². The summed E-state index contributed by atoms with van der Waals surface area (Å²) in [6.07, 6.45) is 4.20. The van der Waals surface area contributed by atoms with Gasteiger partial charge in [-0.05, 0) is 67.1 Å². The molecular weight excluding hydrogens is 473 g/mol. The van der Waals surface area contributed by atoms with Crippen LogP contribution in [0, 0.1) is 5.92 Å². The van der Waals surface area contributed by atoms with Crippen molar-refractivity contribution in [3.8, 4) is 0 Å². The Morgan fingerprint density at radius 2 is 1.69 bits per heavy atom. The Hall–Kier alpha value is -1.36. The van der Waals surface area contributed by atoms with Gasteiger partial charge in [-0.3, -0.25) is 9.59 Å². The Balaban J connectivity index is 1.63. The predicted octanol–water partition coefficient (Wildman–Crippen LogP) is 5.88. The van der Waals surface area contributed by atoms with E-state index in [-0.39, 0.29) is 24.0 Å². The summed E-state index contributed by atoms with van der Waals surface area (Å²) in [5.41, 5.74) is 1.11. The topological polar surface area (TPSA) is 37.4 Å². The molecule has 2 fully saturated rings. The molecule has 0 aromatic heterocycles. The molecule has 1 saturated heterocycles. The highest BCUT2D eigenvalue weighted by molar-refractivity contribution is 9.10. The van der Waals surface area contributed by atoms with Gasteiger partial charge in [0, 0.05) is 33.4 Å². The van der Waals surface area contributed by atoms with Crippen LogP contribution >= 0.6 is 39.1 Å². The van der Waals surface area contributed by atoms with E-state index in [2.05, 4.69) is 15.9 Å². The molecule has 1 unspecified atom stereocenters. The normalized spacial score (nSPS) is 21.4. The monoisotopic (exact) mass is 493 g/mol. The Bertz CT molecular complexity index is 922. The molecule has 1 aliphatic heterocycles. The van der Waals surface area contributed by atoms with Gasteiger partial charge in [-0.25, -0.2) is 0 Å². The van der Waals surface area contributed by atoms with Crippen molar-refractivity contribution in [3.05, 3.63) is 68.1 Å². The van der Waals surface area contributed by atoms with Crippen molar-refractivity contribution in [2.24, 2.45) is 5.92 Å². The fourth-order valence-electron chi connectivity index (χ4n) is 4.42. The lowest BCUT2D eigenvalue weighted by atomic mass is 9.81. The van der Waals surface area contributed by atoms with E-state index >= 15 is 0 Å². The molecule has 2 aromatic carbocycles. The number of ketones is 1. The molecule has 1 aliphatic carbocycles. The number of nitrogens with zero attached hydrogens (tertiary/aromatic N) is 1. The van der Waals surface area contributed by atoms with Crippen LogP contribution in [-0.4, -0.2) is 28.7 Å². The maximum Gasteiger partial charge on any atom is 0.227 e. The molecule has 0 bridgehead atoms. The average molecular weight is 495 g/mol. The third kappa shape index (κ3) is 4.55. The van der Waals surface area contributed by atoms with E-state index in [0.717, 1.165) is 41.3 Å². The van der Waals surface area contributed by atoms with Crippen LogP contribution in [0.3, 0.4) is 0 Å². The number of halogens is 3. The van der Waals surface area contributed by atoms with E-state index < -0.39 is 5.54 Å².